The molecule has 0 bridgehead atoms. The Hall–Kier alpha value is -1.13. The number of aryl methyl sites for hydroxylation is 1. The molecule has 1 aromatic rings. The number of rotatable bonds is 1. The van der Waals surface area contributed by atoms with Crippen LogP contribution in [0, 0.1) is 12.7 Å². The number of hydrogen-bond donors (Lipinski definition) is 1. The van der Waals surface area contributed by atoms with Crippen molar-refractivity contribution in [1.29, 1.82) is 0 Å². The molecular formula is C13H18ClFN2O. The van der Waals surface area contributed by atoms with Crippen LogP contribution in [0.2, 0.25) is 0 Å². The molecule has 1 fully saturated rings. The van der Waals surface area contributed by atoms with Gasteiger partial charge in [-0.3, -0.25) is 4.79 Å². The lowest BCUT2D eigenvalue weighted by Crippen LogP contribution is -2.51. The van der Waals surface area contributed by atoms with E-state index < -0.39 is 5.82 Å². The summed E-state index contributed by atoms with van der Waals surface area (Å²) >= 11 is 0. The van der Waals surface area contributed by atoms with E-state index in [0.717, 1.165) is 12.1 Å². The minimum atomic E-state index is -0.438. The molecule has 0 aliphatic carbocycles. The number of carbonyl (C=O) groups is 1. The minimum absolute atomic E-state index is 0. The van der Waals surface area contributed by atoms with E-state index in [2.05, 4.69) is 5.32 Å². The van der Waals surface area contributed by atoms with Crippen LogP contribution in [-0.2, 0) is 0 Å². The molecule has 0 aromatic heterocycles. The van der Waals surface area contributed by atoms with Gasteiger partial charge in [0.25, 0.3) is 5.91 Å². The summed E-state index contributed by atoms with van der Waals surface area (Å²) in [5, 5.41) is 3.26. The summed E-state index contributed by atoms with van der Waals surface area (Å²) in [6.45, 7) is 5.91. The lowest BCUT2D eigenvalue weighted by molar-refractivity contribution is 0.0704. The van der Waals surface area contributed by atoms with E-state index in [1.165, 1.54) is 6.07 Å². The molecule has 0 saturated carbocycles. The third-order valence-electron chi connectivity index (χ3n) is 3.01. The molecule has 1 amide bonds. The second-order valence-corrected chi connectivity index (χ2v) is 4.59. The van der Waals surface area contributed by atoms with Crippen molar-refractivity contribution in [3.05, 3.63) is 35.1 Å². The fourth-order valence-electron chi connectivity index (χ4n) is 2.09. The maximum atomic E-state index is 13.6. The van der Waals surface area contributed by atoms with Gasteiger partial charge in [0.05, 0.1) is 5.56 Å². The van der Waals surface area contributed by atoms with E-state index in [9.17, 15) is 9.18 Å². The van der Waals surface area contributed by atoms with Gasteiger partial charge in [0.15, 0.2) is 0 Å². The first-order valence-electron chi connectivity index (χ1n) is 5.87. The van der Waals surface area contributed by atoms with Gasteiger partial charge in [-0.2, -0.15) is 0 Å². The van der Waals surface area contributed by atoms with Crippen LogP contribution in [0.15, 0.2) is 18.2 Å². The zero-order chi connectivity index (χ0) is 12.4. The van der Waals surface area contributed by atoms with Gasteiger partial charge in [0.1, 0.15) is 5.82 Å². The topological polar surface area (TPSA) is 32.3 Å². The molecule has 18 heavy (non-hydrogen) atoms. The SMILES string of the molecule is Cc1ccc(F)c(C(=O)N2CCN[C@H](C)C2)c1.Cl. The Morgan fingerprint density at radius 1 is 1.50 bits per heavy atom. The Bertz CT molecular complexity index is 439. The third-order valence-corrected chi connectivity index (χ3v) is 3.01. The smallest absolute Gasteiger partial charge is 0.256 e. The van der Waals surface area contributed by atoms with E-state index in [1.807, 2.05) is 13.8 Å². The van der Waals surface area contributed by atoms with Crippen LogP contribution in [0.4, 0.5) is 4.39 Å². The van der Waals surface area contributed by atoms with Gasteiger partial charge in [0.2, 0.25) is 0 Å². The van der Waals surface area contributed by atoms with E-state index in [4.69, 9.17) is 0 Å². The number of amides is 1. The first-order valence-corrected chi connectivity index (χ1v) is 5.87. The number of benzene rings is 1. The average Bonchev–Trinajstić information content (AvgIpc) is 2.31. The molecule has 100 valence electrons. The molecule has 3 nitrogen and oxygen atoms in total. The molecular weight excluding hydrogens is 255 g/mol. The fourth-order valence-corrected chi connectivity index (χ4v) is 2.09. The van der Waals surface area contributed by atoms with Gasteiger partial charge in [-0.25, -0.2) is 4.39 Å². The Kier molecular flexibility index (Phi) is 5.11. The first kappa shape index (κ1) is 14.9. The fraction of sp³-hybridized carbons (Fsp3) is 0.462. The zero-order valence-corrected chi connectivity index (χ0v) is 11.4. The van der Waals surface area contributed by atoms with Crippen LogP contribution < -0.4 is 5.32 Å². The average molecular weight is 273 g/mol. The summed E-state index contributed by atoms with van der Waals surface area (Å²) in [5.74, 6) is -0.647. The van der Waals surface area contributed by atoms with Crippen molar-refractivity contribution in [2.24, 2.45) is 0 Å². The summed E-state index contributed by atoms with van der Waals surface area (Å²) in [7, 11) is 0. The first-order chi connectivity index (χ1) is 8.08. The second kappa shape index (κ2) is 6.16. The predicted molar refractivity (Wildman–Crippen MR) is 71.8 cm³/mol. The highest BCUT2D eigenvalue weighted by Gasteiger charge is 2.23. The summed E-state index contributed by atoms with van der Waals surface area (Å²) in [4.78, 5) is 13.9. The van der Waals surface area contributed by atoms with E-state index in [0.29, 0.717) is 13.1 Å². The third kappa shape index (κ3) is 3.21. The Morgan fingerprint density at radius 3 is 2.89 bits per heavy atom. The molecule has 1 heterocycles. The molecule has 1 N–H and O–H groups in total. The van der Waals surface area contributed by atoms with Crippen molar-refractivity contribution in [2.75, 3.05) is 19.6 Å². The van der Waals surface area contributed by atoms with Crippen molar-refractivity contribution < 1.29 is 9.18 Å². The Balaban J connectivity index is 0.00000162. The molecule has 2 rings (SSSR count). The van der Waals surface area contributed by atoms with Crippen LogP contribution in [0.5, 0.6) is 0 Å². The lowest BCUT2D eigenvalue weighted by Gasteiger charge is -2.32. The van der Waals surface area contributed by atoms with Crippen LogP contribution in [0.1, 0.15) is 22.8 Å². The molecule has 1 atom stereocenters. The van der Waals surface area contributed by atoms with Crippen molar-refractivity contribution in [2.45, 2.75) is 19.9 Å². The normalized spacial score (nSPS) is 19.3. The Morgan fingerprint density at radius 2 is 2.22 bits per heavy atom. The molecule has 0 spiro atoms. The predicted octanol–water partition coefficient (Wildman–Crippen LogP) is 1.99. The minimum Gasteiger partial charge on any atom is -0.336 e. The van der Waals surface area contributed by atoms with Crippen molar-refractivity contribution in [3.8, 4) is 0 Å². The number of halogens is 2. The lowest BCUT2D eigenvalue weighted by atomic mass is 10.1. The summed E-state index contributed by atoms with van der Waals surface area (Å²) in [6, 6.07) is 4.91. The maximum absolute atomic E-state index is 13.6. The molecule has 1 aromatic carbocycles. The van der Waals surface area contributed by atoms with Gasteiger partial charge in [-0.05, 0) is 26.0 Å². The van der Waals surface area contributed by atoms with Gasteiger partial charge in [0, 0.05) is 25.7 Å². The number of nitrogens with one attached hydrogen (secondary N) is 1. The van der Waals surface area contributed by atoms with Gasteiger partial charge < -0.3 is 10.2 Å². The van der Waals surface area contributed by atoms with Crippen molar-refractivity contribution >= 4 is 18.3 Å². The molecule has 0 unspecified atom stereocenters. The van der Waals surface area contributed by atoms with Crippen LogP contribution in [0.25, 0.3) is 0 Å². The monoisotopic (exact) mass is 272 g/mol. The van der Waals surface area contributed by atoms with Gasteiger partial charge in [-0.15, -0.1) is 12.4 Å². The quantitative estimate of drug-likeness (QED) is 0.848. The van der Waals surface area contributed by atoms with E-state index in [1.54, 1.807) is 17.0 Å². The van der Waals surface area contributed by atoms with Gasteiger partial charge in [-0.1, -0.05) is 11.6 Å². The second-order valence-electron chi connectivity index (χ2n) is 4.59. The molecule has 1 saturated heterocycles. The highest BCUT2D eigenvalue weighted by atomic mass is 35.5. The molecule has 1 aliphatic rings. The standard InChI is InChI=1S/C13H17FN2O.ClH/c1-9-3-4-12(14)11(7-9)13(17)16-6-5-15-10(2)8-16;/h3-4,7,10,15H,5-6,8H2,1-2H3;1H/t10-;/m1./s1. The summed E-state index contributed by atoms with van der Waals surface area (Å²) in [5.41, 5.74) is 1.08. The highest BCUT2D eigenvalue weighted by Crippen LogP contribution is 2.14. The number of nitrogens with zero attached hydrogens (tertiary/aromatic N) is 1. The number of piperazine rings is 1. The summed E-state index contributed by atoms with van der Waals surface area (Å²) in [6.07, 6.45) is 0. The largest absolute Gasteiger partial charge is 0.336 e. The molecule has 5 heteroatoms. The molecule has 0 radical (unpaired) electrons. The maximum Gasteiger partial charge on any atom is 0.256 e. The zero-order valence-electron chi connectivity index (χ0n) is 10.6. The van der Waals surface area contributed by atoms with E-state index in [-0.39, 0.29) is 29.9 Å². The summed E-state index contributed by atoms with van der Waals surface area (Å²) < 4.78 is 13.6. The highest BCUT2D eigenvalue weighted by molar-refractivity contribution is 5.94. The van der Waals surface area contributed by atoms with Crippen LogP contribution >= 0.6 is 12.4 Å². The number of hydrogen-bond acceptors (Lipinski definition) is 2. The molecule has 1 aliphatic heterocycles. The van der Waals surface area contributed by atoms with E-state index >= 15 is 0 Å². The van der Waals surface area contributed by atoms with Crippen LogP contribution in [0.3, 0.4) is 0 Å². The van der Waals surface area contributed by atoms with Crippen LogP contribution in [-0.4, -0.2) is 36.5 Å². The van der Waals surface area contributed by atoms with Crippen molar-refractivity contribution in [3.63, 3.8) is 0 Å². The van der Waals surface area contributed by atoms with Crippen molar-refractivity contribution in [1.82, 2.24) is 10.2 Å². The Labute approximate surface area is 113 Å². The number of carbonyl (C=O) groups excluding carboxylic acids is 1. The van der Waals surface area contributed by atoms with Gasteiger partial charge >= 0.3 is 0 Å².